The highest BCUT2D eigenvalue weighted by Gasteiger charge is 2.05. The lowest BCUT2D eigenvalue weighted by molar-refractivity contribution is 0.104. The molecule has 0 aliphatic rings. The topological polar surface area (TPSA) is 74.6 Å². The summed E-state index contributed by atoms with van der Waals surface area (Å²) in [5.74, 6) is 0.482. The first-order chi connectivity index (χ1) is 7.58. The number of aromatic hydroxyl groups is 1. The van der Waals surface area contributed by atoms with Gasteiger partial charge in [-0.05, 0) is 6.07 Å². The number of pyridine rings is 1. The Morgan fingerprint density at radius 2 is 2.19 bits per heavy atom. The van der Waals surface area contributed by atoms with Crippen LogP contribution in [0.1, 0.15) is 13.8 Å². The number of ether oxygens (including phenoxy) is 1. The van der Waals surface area contributed by atoms with Gasteiger partial charge >= 0.3 is 0 Å². The van der Waals surface area contributed by atoms with Crippen molar-refractivity contribution in [1.29, 1.82) is 0 Å². The molecule has 1 aromatic rings. The molecule has 0 amide bonds. The molecular weight excluding hydrogens is 208 g/mol. The molecule has 1 rings (SSSR count). The molecule has 1 atom stereocenters. The first kappa shape index (κ1) is 12.7. The molecule has 0 radical (unpaired) electrons. The van der Waals surface area contributed by atoms with Gasteiger partial charge in [0, 0.05) is 18.7 Å². The Morgan fingerprint density at radius 3 is 2.75 bits per heavy atom. The molecule has 0 saturated heterocycles. The molecule has 0 fully saturated rings. The fraction of sp³-hybridized carbons (Fsp3) is 0.545. The number of rotatable bonds is 6. The SMILES string of the molecule is CC(C)NCC(O)COc1ccc(O)nc1. The molecule has 5 heteroatoms. The number of aliphatic hydroxyl groups is 1. The van der Waals surface area contributed by atoms with Crippen LogP contribution in [0.15, 0.2) is 18.3 Å². The van der Waals surface area contributed by atoms with E-state index in [1.54, 1.807) is 6.07 Å². The number of hydrogen-bond donors (Lipinski definition) is 3. The molecule has 0 aromatic carbocycles. The minimum absolute atomic E-state index is 0.0469. The summed E-state index contributed by atoms with van der Waals surface area (Å²) < 4.78 is 5.29. The molecule has 3 N–H and O–H groups in total. The van der Waals surface area contributed by atoms with Crippen molar-refractivity contribution in [3.63, 3.8) is 0 Å². The molecule has 90 valence electrons. The summed E-state index contributed by atoms with van der Waals surface area (Å²) in [5, 5.41) is 21.6. The van der Waals surface area contributed by atoms with Gasteiger partial charge in [0.1, 0.15) is 18.5 Å². The third kappa shape index (κ3) is 4.95. The Morgan fingerprint density at radius 1 is 1.44 bits per heavy atom. The van der Waals surface area contributed by atoms with E-state index >= 15 is 0 Å². The van der Waals surface area contributed by atoms with Gasteiger partial charge in [-0.2, -0.15) is 0 Å². The smallest absolute Gasteiger partial charge is 0.210 e. The average molecular weight is 226 g/mol. The minimum atomic E-state index is -0.559. The van der Waals surface area contributed by atoms with E-state index in [9.17, 15) is 5.11 Å². The van der Waals surface area contributed by atoms with Gasteiger partial charge in [-0.3, -0.25) is 0 Å². The second kappa shape index (κ2) is 6.30. The van der Waals surface area contributed by atoms with E-state index < -0.39 is 6.10 Å². The highest BCUT2D eigenvalue weighted by molar-refractivity contribution is 5.21. The zero-order valence-corrected chi connectivity index (χ0v) is 9.55. The molecule has 0 bridgehead atoms. The number of hydrogen-bond acceptors (Lipinski definition) is 5. The maximum Gasteiger partial charge on any atom is 0.210 e. The van der Waals surface area contributed by atoms with E-state index in [1.165, 1.54) is 12.3 Å². The second-order valence-electron chi connectivity index (χ2n) is 3.88. The summed E-state index contributed by atoms with van der Waals surface area (Å²) in [6.45, 7) is 4.71. The molecule has 0 aliphatic carbocycles. The average Bonchev–Trinajstić information content (AvgIpc) is 2.25. The van der Waals surface area contributed by atoms with Crippen molar-refractivity contribution >= 4 is 0 Å². The highest BCUT2D eigenvalue weighted by atomic mass is 16.5. The highest BCUT2D eigenvalue weighted by Crippen LogP contribution is 2.12. The molecule has 5 nitrogen and oxygen atoms in total. The van der Waals surface area contributed by atoms with Crippen molar-refractivity contribution in [3.8, 4) is 11.6 Å². The fourth-order valence-electron chi connectivity index (χ4n) is 1.08. The predicted molar refractivity (Wildman–Crippen MR) is 60.5 cm³/mol. The van der Waals surface area contributed by atoms with Gasteiger partial charge in [0.25, 0.3) is 0 Å². The van der Waals surface area contributed by atoms with Crippen molar-refractivity contribution in [2.75, 3.05) is 13.2 Å². The van der Waals surface area contributed by atoms with Crippen molar-refractivity contribution in [2.45, 2.75) is 26.0 Å². The first-order valence-corrected chi connectivity index (χ1v) is 5.27. The molecule has 1 unspecified atom stereocenters. The van der Waals surface area contributed by atoms with E-state index in [2.05, 4.69) is 10.3 Å². The van der Waals surface area contributed by atoms with Crippen molar-refractivity contribution < 1.29 is 14.9 Å². The Balaban J connectivity index is 2.26. The number of aromatic nitrogens is 1. The Kier molecular flexibility index (Phi) is 5.01. The number of aliphatic hydroxyl groups excluding tert-OH is 1. The van der Waals surface area contributed by atoms with Gasteiger partial charge in [0.05, 0.1) is 6.20 Å². The minimum Gasteiger partial charge on any atom is -0.493 e. The summed E-state index contributed by atoms with van der Waals surface area (Å²) in [4.78, 5) is 3.66. The van der Waals surface area contributed by atoms with Crippen molar-refractivity contribution in [3.05, 3.63) is 18.3 Å². The predicted octanol–water partition coefficient (Wildman–Crippen LogP) is 0.525. The molecule has 1 aromatic heterocycles. The van der Waals surface area contributed by atoms with Crippen LogP contribution in [-0.2, 0) is 0 Å². The third-order valence-electron chi connectivity index (χ3n) is 1.92. The van der Waals surface area contributed by atoms with Crippen LogP contribution in [0.25, 0.3) is 0 Å². The lowest BCUT2D eigenvalue weighted by Crippen LogP contribution is -2.35. The molecule has 1 heterocycles. The summed E-state index contributed by atoms with van der Waals surface area (Å²) in [6.07, 6.45) is 0.856. The van der Waals surface area contributed by atoms with Crippen LogP contribution in [0.3, 0.4) is 0 Å². The van der Waals surface area contributed by atoms with Crippen molar-refractivity contribution in [2.24, 2.45) is 0 Å². The summed E-state index contributed by atoms with van der Waals surface area (Å²) in [6, 6.07) is 3.38. The third-order valence-corrected chi connectivity index (χ3v) is 1.92. The lowest BCUT2D eigenvalue weighted by atomic mass is 10.3. The first-order valence-electron chi connectivity index (χ1n) is 5.27. The van der Waals surface area contributed by atoms with Crippen LogP contribution in [-0.4, -0.2) is 40.5 Å². The van der Waals surface area contributed by atoms with E-state index in [0.717, 1.165) is 0 Å². The molecular formula is C11H18N2O3. The molecule has 0 saturated carbocycles. The van der Waals surface area contributed by atoms with Gasteiger partial charge in [0.15, 0.2) is 0 Å². The van der Waals surface area contributed by atoms with Crippen LogP contribution in [0.2, 0.25) is 0 Å². The quantitative estimate of drug-likeness (QED) is 0.659. The maximum absolute atomic E-state index is 9.56. The molecule has 0 spiro atoms. The van der Waals surface area contributed by atoms with Gasteiger partial charge in [-0.15, -0.1) is 0 Å². The normalized spacial score (nSPS) is 12.8. The summed E-state index contributed by atoms with van der Waals surface area (Å²) >= 11 is 0. The van der Waals surface area contributed by atoms with E-state index in [-0.39, 0.29) is 12.5 Å². The largest absolute Gasteiger partial charge is 0.493 e. The van der Waals surface area contributed by atoms with Gasteiger partial charge < -0.3 is 20.3 Å². The van der Waals surface area contributed by atoms with Crippen LogP contribution in [0.4, 0.5) is 0 Å². The summed E-state index contributed by atoms with van der Waals surface area (Å²) in [5.41, 5.74) is 0. The van der Waals surface area contributed by atoms with E-state index in [1.807, 2.05) is 13.8 Å². The van der Waals surface area contributed by atoms with Crippen LogP contribution >= 0.6 is 0 Å². The van der Waals surface area contributed by atoms with Gasteiger partial charge in [-0.25, -0.2) is 4.98 Å². The lowest BCUT2D eigenvalue weighted by Gasteiger charge is -2.14. The Hall–Kier alpha value is -1.33. The summed E-state index contributed by atoms with van der Waals surface area (Å²) in [7, 11) is 0. The van der Waals surface area contributed by atoms with Gasteiger partial charge in [0.2, 0.25) is 5.88 Å². The zero-order chi connectivity index (χ0) is 12.0. The number of nitrogens with one attached hydrogen (secondary N) is 1. The van der Waals surface area contributed by atoms with Crippen LogP contribution < -0.4 is 10.1 Å². The molecule has 16 heavy (non-hydrogen) atoms. The van der Waals surface area contributed by atoms with Gasteiger partial charge in [-0.1, -0.05) is 13.8 Å². The van der Waals surface area contributed by atoms with E-state index in [0.29, 0.717) is 18.3 Å². The van der Waals surface area contributed by atoms with Crippen LogP contribution in [0.5, 0.6) is 11.6 Å². The zero-order valence-electron chi connectivity index (χ0n) is 9.55. The second-order valence-corrected chi connectivity index (χ2v) is 3.88. The number of nitrogens with zero attached hydrogens (tertiary/aromatic N) is 1. The molecule has 0 aliphatic heterocycles. The maximum atomic E-state index is 9.56. The monoisotopic (exact) mass is 226 g/mol. The van der Waals surface area contributed by atoms with Crippen molar-refractivity contribution in [1.82, 2.24) is 10.3 Å². The van der Waals surface area contributed by atoms with E-state index in [4.69, 9.17) is 9.84 Å². The fourth-order valence-corrected chi connectivity index (χ4v) is 1.08. The Labute approximate surface area is 95.1 Å². The standard InChI is InChI=1S/C11H18N2O3/c1-8(2)12-5-9(14)7-16-10-3-4-11(15)13-6-10/h3-4,6,8-9,12,14H,5,7H2,1-2H3,(H,13,15). The Bertz CT molecular complexity index is 301. The van der Waals surface area contributed by atoms with Crippen LogP contribution in [0, 0.1) is 0 Å².